The number of nitrogens with one attached hydrogen (secondary N) is 1. The number of benzene rings is 2. The Morgan fingerprint density at radius 1 is 1.03 bits per heavy atom. The van der Waals surface area contributed by atoms with Crippen LogP contribution in [0.5, 0.6) is 11.6 Å². The van der Waals surface area contributed by atoms with Crippen molar-refractivity contribution in [3.8, 4) is 11.6 Å². The second-order valence-corrected chi connectivity index (χ2v) is 9.02. The molecule has 3 heterocycles. The number of ether oxygens (including phenoxy) is 1. The predicted octanol–water partition coefficient (Wildman–Crippen LogP) is 6.13. The Bertz CT molecular complexity index is 1450. The Morgan fingerprint density at radius 3 is 2.46 bits per heavy atom. The standard InChI is InChI=1S/C28H30FN7O/c1-5-34-13-15-35(16-14-34)21-9-7-20(8-10-21)33-27-26(30-4)28(32-18-31-27)37-24-12-11-23-22(25(24)29)17-19(3)36(23)6-2/h7-12,17-18H,5-6,13-16H2,1-3H3,(H,31,32,33). The summed E-state index contributed by atoms with van der Waals surface area (Å²) < 4.78 is 23.2. The highest BCUT2D eigenvalue weighted by atomic mass is 19.1. The van der Waals surface area contributed by atoms with Crippen LogP contribution in [0.1, 0.15) is 19.5 Å². The number of aromatic nitrogens is 3. The van der Waals surface area contributed by atoms with Gasteiger partial charge in [-0.3, -0.25) is 0 Å². The number of piperazine rings is 1. The molecule has 1 aliphatic rings. The first kappa shape index (κ1) is 24.5. The molecule has 8 nitrogen and oxygen atoms in total. The Balaban J connectivity index is 1.36. The first-order valence-corrected chi connectivity index (χ1v) is 12.5. The van der Waals surface area contributed by atoms with Crippen molar-refractivity contribution in [2.75, 3.05) is 42.9 Å². The molecule has 0 atom stereocenters. The van der Waals surface area contributed by atoms with Gasteiger partial charge in [-0.2, -0.15) is 0 Å². The predicted molar refractivity (Wildman–Crippen MR) is 145 cm³/mol. The van der Waals surface area contributed by atoms with E-state index in [2.05, 4.69) is 49.0 Å². The molecule has 0 amide bonds. The minimum atomic E-state index is -0.479. The molecule has 0 spiro atoms. The fourth-order valence-electron chi connectivity index (χ4n) is 4.86. The number of halogens is 1. The molecular weight excluding hydrogens is 469 g/mol. The average molecular weight is 500 g/mol. The lowest BCUT2D eigenvalue weighted by Gasteiger charge is -2.35. The third-order valence-corrected chi connectivity index (χ3v) is 6.93. The summed E-state index contributed by atoms with van der Waals surface area (Å²) in [5.41, 5.74) is 3.81. The lowest BCUT2D eigenvalue weighted by molar-refractivity contribution is 0.271. The van der Waals surface area contributed by atoms with Crippen LogP contribution in [0, 0.1) is 19.3 Å². The summed E-state index contributed by atoms with van der Waals surface area (Å²) >= 11 is 0. The molecule has 1 fully saturated rings. The molecule has 4 aromatic rings. The van der Waals surface area contributed by atoms with E-state index >= 15 is 4.39 Å². The zero-order valence-corrected chi connectivity index (χ0v) is 21.3. The van der Waals surface area contributed by atoms with Crippen molar-refractivity contribution in [1.29, 1.82) is 0 Å². The molecular formula is C28H30FN7O. The molecule has 2 aromatic heterocycles. The monoisotopic (exact) mass is 499 g/mol. The maximum atomic E-state index is 15.3. The van der Waals surface area contributed by atoms with E-state index in [4.69, 9.17) is 11.3 Å². The van der Waals surface area contributed by atoms with Crippen LogP contribution >= 0.6 is 0 Å². The second kappa shape index (κ2) is 10.4. The molecule has 5 rings (SSSR count). The third-order valence-electron chi connectivity index (χ3n) is 6.93. The zero-order chi connectivity index (χ0) is 25.9. The smallest absolute Gasteiger partial charge is 0.288 e. The number of likely N-dealkylation sites (N-methyl/N-ethyl adjacent to an activating group) is 1. The van der Waals surface area contributed by atoms with Crippen LogP contribution in [0.25, 0.3) is 15.7 Å². The number of rotatable bonds is 7. The van der Waals surface area contributed by atoms with Crippen molar-refractivity contribution in [3.63, 3.8) is 0 Å². The summed E-state index contributed by atoms with van der Waals surface area (Å²) in [5.74, 6) is -0.156. The molecule has 2 aromatic carbocycles. The normalized spacial score (nSPS) is 14.1. The van der Waals surface area contributed by atoms with Crippen molar-refractivity contribution in [3.05, 3.63) is 71.7 Å². The number of anilines is 3. The first-order valence-electron chi connectivity index (χ1n) is 12.5. The summed E-state index contributed by atoms with van der Waals surface area (Å²) in [4.78, 5) is 16.8. The molecule has 190 valence electrons. The van der Waals surface area contributed by atoms with Gasteiger partial charge in [0.1, 0.15) is 12.1 Å². The maximum absolute atomic E-state index is 15.3. The van der Waals surface area contributed by atoms with Crippen LogP contribution in [-0.4, -0.2) is 52.2 Å². The molecule has 0 unspecified atom stereocenters. The van der Waals surface area contributed by atoms with Gasteiger partial charge in [0, 0.05) is 55.2 Å². The molecule has 1 saturated heterocycles. The van der Waals surface area contributed by atoms with Crippen LogP contribution in [-0.2, 0) is 6.54 Å². The lowest BCUT2D eigenvalue weighted by atomic mass is 10.2. The summed E-state index contributed by atoms with van der Waals surface area (Å²) in [5, 5.41) is 3.67. The van der Waals surface area contributed by atoms with Crippen LogP contribution in [0.4, 0.5) is 27.3 Å². The number of hydrogen-bond donors (Lipinski definition) is 1. The highest BCUT2D eigenvalue weighted by Gasteiger charge is 2.19. The van der Waals surface area contributed by atoms with E-state index in [-0.39, 0.29) is 17.3 Å². The van der Waals surface area contributed by atoms with E-state index in [0.29, 0.717) is 11.2 Å². The van der Waals surface area contributed by atoms with Crippen molar-refractivity contribution >= 4 is 33.8 Å². The van der Waals surface area contributed by atoms with E-state index in [0.717, 1.165) is 61.9 Å². The number of fused-ring (bicyclic) bond motifs is 1. The number of hydrogen-bond acceptors (Lipinski definition) is 6. The second-order valence-electron chi connectivity index (χ2n) is 9.02. The fourth-order valence-corrected chi connectivity index (χ4v) is 4.86. The Labute approximate surface area is 216 Å². The number of aryl methyl sites for hydroxylation is 2. The molecule has 0 bridgehead atoms. The van der Waals surface area contributed by atoms with Crippen LogP contribution in [0.15, 0.2) is 48.8 Å². The summed E-state index contributed by atoms with van der Waals surface area (Å²) in [6, 6.07) is 13.3. The van der Waals surface area contributed by atoms with E-state index in [9.17, 15) is 0 Å². The van der Waals surface area contributed by atoms with Crippen LogP contribution in [0.2, 0.25) is 0 Å². The van der Waals surface area contributed by atoms with Gasteiger partial charge in [0.05, 0.1) is 12.1 Å². The van der Waals surface area contributed by atoms with Gasteiger partial charge in [0.15, 0.2) is 11.6 Å². The Hall–Kier alpha value is -4.16. The largest absolute Gasteiger partial charge is 0.446 e. The topological polar surface area (TPSA) is 62.8 Å². The molecule has 0 aliphatic carbocycles. The lowest BCUT2D eigenvalue weighted by Crippen LogP contribution is -2.46. The number of nitrogens with zero attached hydrogens (tertiary/aromatic N) is 6. The van der Waals surface area contributed by atoms with Crippen molar-refractivity contribution < 1.29 is 9.13 Å². The molecule has 1 N–H and O–H groups in total. The van der Waals surface area contributed by atoms with Crippen LogP contribution in [0.3, 0.4) is 0 Å². The van der Waals surface area contributed by atoms with Gasteiger partial charge in [-0.1, -0.05) is 6.92 Å². The molecule has 0 saturated carbocycles. The van der Waals surface area contributed by atoms with Crippen molar-refractivity contribution in [2.45, 2.75) is 27.3 Å². The maximum Gasteiger partial charge on any atom is 0.288 e. The minimum absolute atomic E-state index is 0.00260. The fraction of sp³-hybridized carbons (Fsp3) is 0.321. The van der Waals surface area contributed by atoms with Gasteiger partial charge >= 0.3 is 0 Å². The molecule has 0 radical (unpaired) electrons. The summed E-state index contributed by atoms with van der Waals surface area (Å²) in [7, 11) is 0. The van der Waals surface area contributed by atoms with Crippen molar-refractivity contribution in [2.24, 2.45) is 0 Å². The third kappa shape index (κ3) is 4.80. The van der Waals surface area contributed by atoms with Gasteiger partial charge in [-0.25, -0.2) is 19.2 Å². The van der Waals surface area contributed by atoms with Gasteiger partial charge in [0.2, 0.25) is 5.88 Å². The van der Waals surface area contributed by atoms with E-state index in [1.165, 1.54) is 6.33 Å². The van der Waals surface area contributed by atoms with E-state index in [1.807, 2.05) is 36.6 Å². The molecule has 1 aliphatic heterocycles. The van der Waals surface area contributed by atoms with Gasteiger partial charge in [-0.05, 0) is 62.9 Å². The molecule has 37 heavy (non-hydrogen) atoms. The van der Waals surface area contributed by atoms with Gasteiger partial charge in [-0.15, -0.1) is 0 Å². The SMILES string of the molecule is [C-]#[N+]c1c(Nc2ccc(N3CCN(CC)CC3)cc2)ncnc1Oc1ccc2c(cc(C)n2CC)c1F. The minimum Gasteiger partial charge on any atom is -0.446 e. The molecule has 9 heteroatoms. The van der Waals surface area contributed by atoms with E-state index < -0.39 is 5.82 Å². The highest BCUT2D eigenvalue weighted by Crippen LogP contribution is 2.38. The summed E-state index contributed by atoms with van der Waals surface area (Å²) in [6.45, 7) is 19.8. The quantitative estimate of drug-likeness (QED) is 0.309. The Kier molecular flexibility index (Phi) is 6.93. The highest BCUT2D eigenvalue weighted by molar-refractivity contribution is 5.84. The Morgan fingerprint density at radius 2 is 1.78 bits per heavy atom. The zero-order valence-electron chi connectivity index (χ0n) is 21.3. The van der Waals surface area contributed by atoms with Crippen LogP contribution < -0.4 is 15.0 Å². The van der Waals surface area contributed by atoms with Gasteiger partial charge < -0.3 is 24.4 Å². The summed E-state index contributed by atoms with van der Waals surface area (Å²) in [6.07, 6.45) is 1.31. The first-order chi connectivity index (χ1) is 18.0. The van der Waals surface area contributed by atoms with E-state index in [1.54, 1.807) is 12.1 Å². The van der Waals surface area contributed by atoms with Crippen molar-refractivity contribution in [1.82, 2.24) is 19.4 Å². The van der Waals surface area contributed by atoms with Gasteiger partial charge in [0.25, 0.3) is 5.69 Å². The average Bonchev–Trinajstić information content (AvgIpc) is 3.26.